The van der Waals surface area contributed by atoms with Crippen molar-refractivity contribution < 1.29 is 18.7 Å². The summed E-state index contributed by atoms with van der Waals surface area (Å²) in [5, 5.41) is 10.5. The van der Waals surface area contributed by atoms with Gasteiger partial charge in [-0.1, -0.05) is 24.3 Å². The number of hydrogen-bond acceptors (Lipinski definition) is 2. The second-order valence-corrected chi connectivity index (χ2v) is 6.52. The van der Waals surface area contributed by atoms with Crippen LogP contribution < -0.4 is 0 Å². The molecule has 1 amide bonds. The molecule has 0 saturated carbocycles. The summed E-state index contributed by atoms with van der Waals surface area (Å²) in [7, 11) is 0. The third-order valence-corrected chi connectivity index (χ3v) is 4.79. The van der Waals surface area contributed by atoms with Crippen LogP contribution in [0.5, 0.6) is 0 Å². The molecule has 0 spiro atoms. The average Bonchev–Trinajstić information content (AvgIpc) is 2.62. The summed E-state index contributed by atoms with van der Waals surface area (Å²) < 4.78 is 26.2. The zero-order valence-corrected chi connectivity index (χ0v) is 13.9. The van der Waals surface area contributed by atoms with Crippen molar-refractivity contribution in [3.05, 3.63) is 71.3 Å². The number of rotatable bonds is 4. The van der Waals surface area contributed by atoms with E-state index in [1.54, 1.807) is 29.2 Å². The van der Waals surface area contributed by atoms with Crippen molar-refractivity contribution in [2.45, 2.75) is 25.4 Å². The highest BCUT2D eigenvalue weighted by Gasteiger charge is 2.28. The van der Waals surface area contributed by atoms with Crippen LogP contribution in [0.1, 0.15) is 30.1 Å². The van der Waals surface area contributed by atoms with E-state index in [1.807, 2.05) is 0 Å². The first-order chi connectivity index (χ1) is 12.0. The maximum atomic E-state index is 13.2. The molecule has 1 saturated heterocycles. The summed E-state index contributed by atoms with van der Waals surface area (Å²) in [5.41, 5.74) is 1.37. The fourth-order valence-corrected chi connectivity index (χ4v) is 3.33. The lowest BCUT2D eigenvalue weighted by atomic mass is 9.87. The molecule has 1 aliphatic rings. The van der Waals surface area contributed by atoms with Gasteiger partial charge in [0.1, 0.15) is 11.6 Å². The maximum Gasteiger partial charge on any atom is 0.226 e. The molecule has 3 nitrogen and oxygen atoms in total. The molecular weight excluding hydrogens is 324 g/mol. The number of likely N-dealkylation sites (tertiary alicyclic amines) is 1. The highest BCUT2D eigenvalue weighted by molar-refractivity contribution is 5.78. The molecule has 1 heterocycles. The number of halogens is 2. The Morgan fingerprint density at radius 2 is 1.76 bits per heavy atom. The van der Waals surface area contributed by atoms with E-state index in [-0.39, 0.29) is 29.9 Å². The number of hydrogen-bond donors (Lipinski definition) is 1. The molecule has 2 aromatic rings. The number of aliphatic hydroxyl groups is 1. The first-order valence-electron chi connectivity index (χ1n) is 8.48. The van der Waals surface area contributed by atoms with Gasteiger partial charge in [0, 0.05) is 13.1 Å². The van der Waals surface area contributed by atoms with E-state index in [0.717, 1.165) is 0 Å². The fourth-order valence-electron chi connectivity index (χ4n) is 3.33. The topological polar surface area (TPSA) is 40.5 Å². The lowest BCUT2D eigenvalue weighted by Gasteiger charge is -2.34. The van der Waals surface area contributed by atoms with E-state index >= 15 is 0 Å². The van der Waals surface area contributed by atoms with Gasteiger partial charge in [-0.2, -0.15) is 0 Å². The second kappa shape index (κ2) is 7.74. The van der Waals surface area contributed by atoms with Gasteiger partial charge in [-0.05, 0) is 54.2 Å². The van der Waals surface area contributed by atoms with Crippen LogP contribution in [0.4, 0.5) is 8.78 Å². The van der Waals surface area contributed by atoms with Gasteiger partial charge < -0.3 is 10.0 Å². The highest BCUT2D eigenvalue weighted by Crippen LogP contribution is 2.31. The normalized spacial score (nSPS) is 16.7. The Morgan fingerprint density at radius 1 is 1.08 bits per heavy atom. The van der Waals surface area contributed by atoms with Crippen LogP contribution in [-0.2, 0) is 11.2 Å². The third-order valence-electron chi connectivity index (χ3n) is 4.79. The van der Waals surface area contributed by atoms with Crippen LogP contribution in [-0.4, -0.2) is 29.0 Å². The van der Waals surface area contributed by atoms with Crippen LogP contribution in [0, 0.1) is 17.6 Å². The number of carbonyl (C=O) groups excluding carboxylic acids is 1. The molecule has 3 rings (SSSR count). The number of carbonyl (C=O) groups is 1. The van der Waals surface area contributed by atoms with E-state index in [0.29, 0.717) is 37.1 Å². The molecule has 1 unspecified atom stereocenters. The minimum Gasteiger partial charge on any atom is -0.388 e. The summed E-state index contributed by atoms with van der Waals surface area (Å²) in [5.74, 6) is -0.649. The number of benzene rings is 2. The van der Waals surface area contributed by atoms with Gasteiger partial charge >= 0.3 is 0 Å². The molecule has 1 aliphatic heterocycles. The first-order valence-corrected chi connectivity index (χ1v) is 8.48. The summed E-state index contributed by atoms with van der Waals surface area (Å²) >= 11 is 0. The molecule has 0 radical (unpaired) electrons. The van der Waals surface area contributed by atoms with Gasteiger partial charge in [0.15, 0.2) is 0 Å². The molecule has 132 valence electrons. The molecule has 1 N–H and O–H groups in total. The Bertz CT molecular complexity index is 725. The molecule has 25 heavy (non-hydrogen) atoms. The lowest BCUT2D eigenvalue weighted by molar-refractivity contribution is -0.132. The maximum absolute atomic E-state index is 13.2. The van der Waals surface area contributed by atoms with Crippen LogP contribution in [0.15, 0.2) is 48.5 Å². The predicted octanol–water partition coefficient (Wildman–Crippen LogP) is 3.48. The van der Waals surface area contributed by atoms with E-state index in [9.17, 15) is 18.7 Å². The summed E-state index contributed by atoms with van der Waals surface area (Å²) in [4.78, 5) is 14.1. The zero-order chi connectivity index (χ0) is 17.8. The Hall–Kier alpha value is -2.27. The Balaban J connectivity index is 1.54. The molecule has 5 heteroatoms. The van der Waals surface area contributed by atoms with Crippen LogP contribution in [0.2, 0.25) is 0 Å². The monoisotopic (exact) mass is 345 g/mol. The zero-order valence-electron chi connectivity index (χ0n) is 13.9. The highest BCUT2D eigenvalue weighted by atomic mass is 19.1. The van der Waals surface area contributed by atoms with Gasteiger partial charge in [0.25, 0.3) is 0 Å². The van der Waals surface area contributed by atoms with E-state index in [2.05, 4.69) is 0 Å². The van der Waals surface area contributed by atoms with E-state index < -0.39 is 6.10 Å². The summed E-state index contributed by atoms with van der Waals surface area (Å²) in [6, 6.07) is 12.0. The minimum atomic E-state index is -0.652. The largest absolute Gasteiger partial charge is 0.388 e. The number of aliphatic hydroxyl groups excluding tert-OH is 1. The van der Waals surface area contributed by atoms with Crippen molar-refractivity contribution in [1.29, 1.82) is 0 Å². The molecule has 1 atom stereocenters. The Morgan fingerprint density at radius 3 is 2.40 bits per heavy atom. The SMILES string of the molecule is O=C(Cc1cccc(F)c1)N1CCC(C(O)c2ccc(F)cc2)CC1. The minimum absolute atomic E-state index is 0.0275. The number of amides is 1. The summed E-state index contributed by atoms with van der Waals surface area (Å²) in [6.07, 6.45) is 0.908. The molecule has 2 aromatic carbocycles. The predicted molar refractivity (Wildman–Crippen MR) is 90.8 cm³/mol. The number of nitrogens with zero attached hydrogens (tertiary/aromatic N) is 1. The van der Waals surface area contributed by atoms with Crippen molar-refractivity contribution in [3.8, 4) is 0 Å². The van der Waals surface area contributed by atoms with Crippen molar-refractivity contribution in [3.63, 3.8) is 0 Å². The average molecular weight is 345 g/mol. The van der Waals surface area contributed by atoms with E-state index in [4.69, 9.17) is 0 Å². The van der Waals surface area contributed by atoms with Crippen molar-refractivity contribution in [2.24, 2.45) is 5.92 Å². The van der Waals surface area contributed by atoms with Gasteiger partial charge in [-0.3, -0.25) is 4.79 Å². The van der Waals surface area contributed by atoms with Crippen molar-refractivity contribution in [1.82, 2.24) is 4.90 Å². The quantitative estimate of drug-likeness (QED) is 0.922. The van der Waals surface area contributed by atoms with E-state index in [1.165, 1.54) is 24.3 Å². The van der Waals surface area contributed by atoms with Crippen LogP contribution >= 0.6 is 0 Å². The molecule has 0 aliphatic carbocycles. The second-order valence-electron chi connectivity index (χ2n) is 6.52. The molecular formula is C20H21F2NO2. The van der Waals surface area contributed by atoms with Crippen molar-refractivity contribution in [2.75, 3.05) is 13.1 Å². The Labute approximate surface area is 145 Å². The summed E-state index contributed by atoms with van der Waals surface area (Å²) in [6.45, 7) is 1.13. The van der Waals surface area contributed by atoms with Crippen LogP contribution in [0.3, 0.4) is 0 Å². The standard InChI is InChI=1S/C20H21F2NO2/c21-17-6-4-15(5-7-17)20(25)16-8-10-23(11-9-16)19(24)13-14-2-1-3-18(22)12-14/h1-7,12,16,20,25H,8-11,13H2. The van der Waals surface area contributed by atoms with Gasteiger partial charge in [-0.15, -0.1) is 0 Å². The molecule has 1 fully saturated rings. The molecule has 0 aromatic heterocycles. The smallest absolute Gasteiger partial charge is 0.226 e. The van der Waals surface area contributed by atoms with Gasteiger partial charge in [0.05, 0.1) is 12.5 Å². The fraction of sp³-hybridized carbons (Fsp3) is 0.350. The van der Waals surface area contributed by atoms with Gasteiger partial charge in [-0.25, -0.2) is 8.78 Å². The van der Waals surface area contributed by atoms with Crippen LogP contribution in [0.25, 0.3) is 0 Å². The first kappa shape index (κ1) is 17.5. The lowest BCUT2D eigenvalue weighted by Crippen LogP contribution is -2.40. The Kier molecular flexibility index (Phi) is 5.43. The molecule has 0 bridgehead atoms. The number of piperidine rings is 1. The van der Waals surface area contributed by atoms with Crippen molar-refractivity contribution >= 4 is 5.91 Å². The third kappa shape index (κ3) is 4.42. The van der Waals surface area contributed by atoms with Gasteiger partial charge in [0.2, 0.25) is 5.91 Å².